The highest BCUT2D eigenvalue weighted by molar-refractivity contribution is 5.96. The molecule has 1 aromatic rings. The number of methoxy groups -OCH3 is 1. The van der Waals surface area contributed by atoms with Crippen LogP contribution in [0.1, 0.15) is 29.8 Å². The second-order valence-electron chi connectivity index (χ2n) is 6.19. The number of carbonyl (C=O) groups is 3. The molecule has 8 nitrogen and oxygen atoms in total. The molecule has 136 valence electrons. The monoisotopic (exact) mass is 350 g/mol. The molecule has 1 aromatic heterocycles. The summed E-state index contributed by atoms with van der Waals surface area (Å²) in [7, 11) is 1.32. The molecule has 2 unspecified atom stereocenters. The van der Waals surface area contributed by atoms with E-state index < -0.39 is 6.04 Å². The van der Waals surface area contributed by atoms with Gasteiger partial charge in [0.25, 0.3) is 5.91 Å². The Morgan fingerprint density at radius 1 is 1.32 bits per heavy atom. The molecule has 2 fully saturated rings. The minimum Gasteiger partial charge on any atom is -0.469 e. The van der Waals surface area contributed by atoms with Crippen LogP contribution >= 0.6 is 0 Å². The minimum atomic E-state index is -0.491. The molecule has 0 N–H and O–H groups in total. The summed E-state index contributed by atoms with van der Waals surface area (Å²) < 4.78 is 15.4. The topological polar surface area (TPSA) is 89.3 Å². The average Bonchev–Trinajstić information content (AvgIpc) is 3.32. The summed E-state index contributed by atoms with van der Waals surface area (Å²) in [6.07, 6.45) is 2.59. The first-order valence-electron chi connectivity index (χ1n) is 8.42. The van der Waals surface area contributed by atoms with Crippen molar-refractivity contribution in [1.82, 2.24) is 9.80 Å². The number of rotatable bonds is 4. The van der Waals surface area contributed by atoms with Crippen molar-refractivity contribution in [2.75, 3.05) is 33.4 Å². The smallest absolute Gasteiger partial charge is 0.308 e. The van der Waals surface area contributed by atoms with E-state index in [2.05, 4.69) is 4.74 Å². The van der Waals surface area contributed by atoms with Crippen molar-refractivity contribution in [2.24, 2.45) is 0 Å². The number of morpholine rings is 1. The van der Waals surface area contributed by atoms with Gasteiger partial charge in [0.05, 0.1) is 32.5 Å². The van der Waals surface area contributed by atoms with Gasteiger partial charge in [0.15, 0.2) is 5.76 Å². The molecule has 2 aliphatic heterocycles. The molecule has 0 spiro atoms. The van der Waals surface area contributed by atoms with Gasteiger partial charge in [-0.05, 0) is 25.0 Å². The van der Waals surface area contributed by atoms with E-state index in [0.717, 1.165) is 6.42 Å². The van der Waals surface area contributed by atoms with Gasteiger partial charge in [-0.1, -0.05) is 0 Å². The quantitative estimate of drug-likeness (QED) is 0.742. The molecule has 0 saturated carbocycles. The van der Waals surface area contributed by atoms with Gasteiger partial charge >= 0.3 is 5.97 Å². The van der Waals surface area contributed by atoms with Gasteiger partial charge in [0, 0.05) is 19.6 Å². The Kier molecular flexibility index (Phi) is 5.37. The Morgan fingerprint density at radius 2 is 2.16 bits per heavy atom. The summed E-state index contributed by atoms with van der Waals surface area (Å²) >= 11 is 0. The van der Waals surface area contributed by atoms with Crippen LogP contribution in [-0.2, 0) is 19.1 Å². The molecule has 3 heterocycles. The number of furan rings is 1. The van der Waals surface area contributed by atoms with Crippen LogP contribution in [0.15, 0.2) is 22.8 Å². The number of carbonyl (C=O) groups excluding carboxylic acids is 3. The maximum atomic E-state index is 12.9. The van der Waals surface area contributed by atoms with Crippen molar-refractivity contribution in [3.05, 3.63) is 24.2 Å². The lowest BCUT2D eigenvalue weighted by Crippen LogP contribution is -2.53. The lowest BCUT2D eigenvalue weighted by Gasteiger charge is -2.35. The molecule has 0 radical (unpaired) electrons. The van der Waals surface area contributed by atoms with Crippen molar-refractivity contribution in [2.45, 2.75) is 31.4 Å². The van der Waals surface area contributed by atoms with Crippen molar-refractivity contribution in [3.63, 3.8) is 0 Å². The lowest BCUT2D eigenvalue weighted by atomic mass is 10.1. The summed E-state index contributed by atoms with van der Waals surface area (Å²) in [5, 5.41) is 0. The molecule has 25 heavy (non-hydrogen) atoms. The number of hydrogen-bond donors (Lipinski definition) is 0. The van der Waals surface area contributed by atoms with Crippen LogP contribution < -0.4 is 0 Å². The lowest BCUT2D eigenvalue weighted by molar-refractivity contribution is -0.151. The van der Waals surface area contributed by atoms with Crippen molar-refractivity contribution in [3.8, 4) is 0 Å². The second-order valence-corrected chi connectivity index (χ2v) is 6.19. The first kappa shape index (κ1) is 17.5. The first-order valence-corrected chi connectivity index (χ1v) is 8.42. The van der Waals surface area contributed by atoms with Crippen LogP contribution in [0.25, 0.3) is 0 Å². The number of ether oxygens (including phenoxy) is 2. The third kappa shape index (κ3) is 3.84. The normalized spacial score (nSPS) is 23.6. The SMILES string of the molecule is COC(=O)CC1CN(C(=O)C2CCCN2C(=O)c2ccco2)CCO1. The van der Waals surface area contributed by atoms with Gasteiger partial charge in [-0.2, -0.15) is 0 Å². The predicted octanol–water partition coefficient (Wildman–Crippen LogP) is 0.675. The Morgan fingerprint density at radius 3 is 2.88 bits per heavy atom. The van der Waals surface area contributed by atoms with Gasteiger partial charge in [-0.3, -0.25) is 14.4 Å². The van der Waals surface area contributed by atoms with E-state index in [9.17, 15) is 14.4 Å². The van der Waals surface area contributed by atoms with Crippen LogP contribution in [-0.4, -0.2) is 73.1 Å². The Labute approximate surface area is 145 Å². The Balaban J connectivity index is 1.65. The number of esters is 1. The molecule has 0 aromatic carbocycles. The highest BCUT2D eigenvalue weighted by Gasteiger charge is 2.39. The van der Waals surface area contributed by atoms with Gasteiger partial charge in [0.2, 0.25) is 5.91 Å². The van der Waals surface area contributed by atoms with E-state index >= 15 is 0 Å². The molecule has 2 aliphatic rings. The molecule has 3 rings (SSSR count). The zero-order chi connectivity index (χ0) is 17.8. The third-order valence-electron chi connectivity index (χ3n) is 4.60. The molecule has 2 saturated heterocycles. The minimum absolute atomic E-state index is 0.101. The Hall–Kier alpha value is -2.35. The van der Waals surface area contributed by atoms with Crippen LogP contribution in [0, 0.1) is 0 Å². The van der Waals surface area contributed by atoms with Gasteiger partial charge in [-0.15, -0.1) is 0 Å². The fourth-order valence-electron chi connectivity index (χ4n) is 3.33. The van der Waals surface area contributed by atoms with E-state index in [0.29, 0.717) is 32.7 Å². The molecule has 2 atom stereocenters. The second kappa shape index (κ2) is 7.69. The fraction of sp³-hybridized carbons (Fsp3) is 0.588. The number of amides is 2. The van der Waals surface area contributed by atoms with Gasteiger partial charge in [0.1, 0.15) is 6.04 Å². The van der Waals surface area contributed by atoms with E-state index in [-0.39, 0.29) is 36.1 Å². The zero-order valence-corrected chi connectivity index (χ0v) is 14.2. The summed E-state index contributed by atoms with van der Waals surface area (Å²) in [5.41, 5.74) is 0. The highest BCUT2D eigenvalue weighted by atomic mass is 16.5. The molecular weight excluding hydrogens is 328 g/mol. The Bertz CT molecular complexity index is 629. The number of hydrogen-bond acceptors (Lipinski definition) is 6. The maximum absolute atomic E-state index is 12.9. The van der Waals surface area contributed by atoms with Crippen LogP contribution in [0.2, 0.25) is 0 Å². The van der Waals surface area contributed by atoms with E-state index in [1.807, 2.05) is 0 Å². The largest absolute Gasteiger partial charge is 0.469 e. The van der Waals surface area contributed by atoms with E-state index in [1.54, 1.807) is 21.9 Å². The molecule has 0 aliphatic carbocycles. The summed E-state index contributed by atoms with van der Waals surface area (Å²) in [6, 6.07) is 2.76. The standard InChI is InChI=1S/C17H22N2O6/c1-23-15(20)10-12-11-18(7-9-24-12)16(21)13-4-2-6-19(13)17(22)14-5-3-8-25-14/h3,5,8,12-13H,2,4,6-7,9-11H2,1H3. The van der Waals surface area contributed by atoms with Gasteiger partial charge < -0.3 is 23.7 Å². The number of likely N-dealkylation sites (tertiary alicyclic amines) is 1. The predicted molar refractivity (Wildman–Crippen MR) is 85.7 cm³/mol. The average molecular weight is 350 g/mol. The van der Waals surface area contributed by atoms with Crippen molar-refractivity contribution < 1.29 is 28.3 Å². The van der Waals surface area contributed by atoms with Crippen molar-refractivity contribution in [1.29, 1.82) is 0 Å². The van der Waals surface area contributed by atoms with E-state index in [4.69, 9.17) is 9.15 Å². The summed E-state index contributed by atoms with van der Waals surface area (Å²) in [5.74, 6) is -0.490. The molecular formula is C17H22N2O6. The van der Waals surface area contributed by atoms with Gasteiger partial charge in [-0.25, -0.2) is 0 Å². The third-order valence-corrected chi connectivity index (χ3v) is 4.60. The molecule has 2 amide bonds. The fourth-order valence-corrected chi connectivity index (χ4v) is 3.33. The maximum Gasteiger partial charge on any atom is 0.308 e. The van der Waals surface area contributed by atoms with E-state index in [1.165, 1.54) is 13.4 Å². The zero-order valence-electron chi connectivity index (χ0n) is 14.2. The number of nitrogens with zero attached hydrogens (tertiary/aromatic N) is 2. The first-order chi connectivity index (χ1) is 12.1. The van der Waals surface area contributed by atoms with Crippen LogP contribution in [0.4, 0.5) is 0 Å². The highest BCUT2D eigenvalue weighted by Crippen LogP contribution is 2.23. The molecule has 8 heteroatoms. The molecule has 0 bridgehead atoms. The van der Waals surface area contributed by atoms with Crippen LogP contribution in [0.5, 0.6) is 0 Å². The summed E-state index contributed by atoms with van der Waals surface area (Å²) in [4.78, 5) is 40.1. The summed E-state index contributed by atoms with van der Waals surface area (Å²) in [6.45, 7) is 1.68. The van der Waals surface area contributed by atoms with Crippen molar-refractivity contribution >= 4 is 17.8 Å². The van der Waals surface area contributed by atoms with Crippen LogP contribution in [0.3, 0.4) is 0 Å².